The smallest absolute Gasteiger partial charge is 0.261 e. The fourth-order valence-electron chi connectivity index (χ4n) is 2.55. The van der Waals surface area contributed by atoms with Gasteiger partial charge in [-0.2, -0.15) is 0 Å². The van der Waals surface area contributed by atoms with Gasteiger partial charge in [0, 0.05) is 16.8 Å². The Kier molecular flexibility index (Phi) is 6.76. The zero-order valence-corrected chi connectivity index (χ0v) is 17.6. The van der Waals surface area contributed by atoms with E-state index < -0.39 is 10.0 Å². The highest BCUT2D eigenvalue weighted by Gasteiger charge is 2.14. The fourth-order valence-corrected chi connectivity index (χ4v) is 3.79. The summed E-state index contributed by atoms with van der Waals surface area (Å²) in [6.07, 6.45) is 3.07. The summed E-state index contributed by atoms with van der Waals surface area (Å²) >= 11 is 5.88. The number of benzene rings is 3. The van der Waals surface area contributed by atoms with Crippen molar-refractivity contribution in [3.63, 3.8) is 0 Å². The van der Waals surface area contributed by atoms with E-state index in [1.54, 1.807) is 43.5 Å². The summed E-state index contributed by atoms with van der Waals surface area (Å²) < 4.78 is 32.5. The summed E-state index contributed by atoms with van der Waals surface area (Å²) in [4.78, 5) is 12.2. The van der Waals surface area contributed by atoms with E-state index in [9.17, 15) is 13.2 Å². The number of methoxy groups -OCH3 is 1. The molecule has 6 nitrogen and oxygen atoms in total. The average Bonchev–Trinajstić information content (AvgIpc) is 2.73. The fraction of sp³-hybridized carbons (Fsp3) is 0.0455. The number of halogens is 1. The van der Waals surface area contributed by atoms with Gasteiger partial charge in [0.2, 0.25) is 5.91 Å². The number of amides is 1. The summed E-state index contributed by atoms with van der Waals surface area (Å²) in [5, 5.41) is 3.11. The van der Waals surface area contributed by atoms with Crippen LogP contribution in [0, 0.1) is 0 Å². The van der Waals surface area contributed by atoms with E-state index in [2.05, 4.69) is 10.0 Å². The van der Waals surface area contributed by atoms with Crippen LogP contribution in [-0.2, 0) is 14.8 Å². The molecule has 1 amide bonds. The van der Waals surface area contributed by atoms with E-state index in [1.165, 1.54) is 36.4 Å². The predicted octanol–water partition coefficient (Wildman–Crippen LogP) is 4.80. The van der Waals surface area contributed by atoms with Crippen molar-refractivity contribution in [1.29, 1.82) is 0 Å². The van der Waals surface area contributed by atoms with Crippen LogP contribution in [0.15, 0.2) is 83.8 Å². The molecular formula is C22H19ClN2O4S. The first kappa shape index (κ1) is 21.4. The molecule has 0 atom stereocenters. The molecule has 0 aliphatic rings. The molecule has 0 saturated carbocycles. The summed E-state index contributed by atoms with van der Waals surface area (Å²) in [5.41, 5.74) is 1.68. The van der Waals surface area contributed by atoms with Gasteiger partial charge in [-0.05, 0) is 66.2 Å². The molecule has 0 fully saturated rings. The maximum atomic E-state index is 12.5. The average molecular weight is 443 g/mol. The van der Waals surface area contributed by atoms with Crippen LogP contribution >= 0.6 is 11.6 Å². The highest BCUT2D eigenvalue weighted by atomic mass is 35.5. The maximum Gasteiger partial charge on any atom is 0.261 e. The van der Waals surface area contributed by atoms with Crippen molar-refractivity contribution < 1.29 is 17.9 Å². The molecule has 8 heteroatoms. The van der Waals surface area contributed by atoms with E-state index in [0.717, 1.165) is 11.3 Å². The number of nitrogens with one attached hydrogen (secondary N) is 2. The van der Waals surface area contributed by atoms with Crippen LogP contribution in [0.2, 0.25) is 5.02 Å². The van der Waals surface area contributed by atoms with Gasteiger partial charge in [0.15, 0.2) is 0 Å². The van der Waals surface area contributed by atoms with E-state index in [-0.39, 0.29) is 10.8 Å². The molecular weight excluding hydrogens is 424 g/mol. The zero-order valence-electron chi connectivity index (χ0n) is 16.0. The Balaban J connectivity index is 1.63. The molecule has 0 bridgehead atoms. The van der Waals surface area contributed by atoms with Crippen LogP contribution in [0.3, 0.4) is 0 Å². The largest absolute Gasteiger partial charge is 0.497 e. The Morgan fingerprint density at radius 1 is 0.967 bits per heavy atom. The third-order valence-corrected chi connectivity index (χ3v) is 5.68. The van der Waals surface area contributed by atoms with Gasteiger partial charge in [0.05, 0.1) is 17.7 Å². The SMILES string of the molecule is COc1ccc(/C=C/C(=O)Nc2ccc(S(=O)(=O)Nc3cccc(Cl)c3)cc2)cc1. The van der Waals surface area contributed by atoms with Crippen LogP contribution in [0.4, 0.5) is 11.4 Å². The Labute approximate surface area is 180 Å². The molecule has 0 aliphatic carbocycles. The van der Waals surface area contributed by atoms with Gasteiger partial charge in [-0.15, -0.1) is 0 Å². The number of carbonyl (C=O) groups is 1. The van der Waals surface area contributed by atoms with Gasteiger partial charge in [-0.1, -0.05) is 29.8 Å². The van der Waals surface area contributed by atoms with E-state index in [0.29, 0.717) is 16.4 Å². The molecule has 154 valence electrons. The molecule has 30 heavy (non-hydrogen) atoms. The van der Waals surface area contributed by atoms with Crippen LogP contribution in [0.25, 0.3) is 6.08 Å². The molecule has 0 spiro atoms. The zero-order chi connectivity index (χ0) is 21.6. The first-order valence-corrected chi connectivity index (χ1v) is 10.7. The molecule has 0 saturated heterocycles. The lowest BCUT2D eigenvalue weighted by atomic mass is 10.2. The first-order valence-electron chi connectivity index (χ1n) is 8.87. The van der Waals surface area contributed by atoms with Crippen LogP contribution < -0.4 is 14.8 Å². The van der Waals surface area contributed by atoms with Gasteiger partial charge < -0.3 is 10.1 Å². The third-order valence-electron chi connectivity index (χ3n) is 4.05. The highest BCUT2D eigenvalue weighted by Crippen LogP contribution is 2.21. The number of rotatable bonds is 7. The van der Waals surface area contributed by atoms with Gasteiger partial charge >= 0.3 is 0 Å². The Hall–Kier alpha value is -3.29. The molecule has 3 aromatic rings. The minimum atomic E-state index is -3.77. The Morgan fingerprint density at radius 3 is 2.30 bits per heavy atom. The molecule has 2 N–H and O–H groups in total. The molecule has 3 aromatic carbocycles. The standard InChI is InChI=1S/C22H19ClN2O4S/c1-29-20-10-5-16(6-11-20)7-14-22(26)24-18-8-12-21(13-9-18)30(27,28)25-19-4-2-3-17(23)15-19/h2-15,25H,1H3,(H,24,26)/b14-7+. The molecule has 0 aliphatic heterocycles. The van der Waals surface area contributed by atoms with Gasteiger partial charge in [-0.25, -0.2) is 8.42 Å². The summed E-state index contributed by atoms with van der Waals surface area (Å²) in [5.74, 6) is 0.398. The summed E-state index contributed by atoms with van der Waals surface area (Å²) in [6, 6.07) is 19.5. The van der Waals surface area contributed by atoms with Crippen molar-refractivity contribution in [2.45, 2.75) is 4.90 Å². The second-order valence-electron chi connectivity index (χ2n) is 6.24. The van der Waals surface area contributed by atoms with Crippen molar-refractivity contribution in [2.75, 3.05) is 17.1 Å². The van der Waals surface area contributed by atoms with E-state index >= 15 is 0 Å². The number of hydrogen-bond acceptors (Lipinski definition) is 4. The Bertz CT molecular complexity index is 1160. The van der Waals surface area contributed by atoms with Crippen molar-refractivity contribution in [1.82, 2.24) is 0 Å². The van der Waals surface area contributed by atoms with Crippen LogP contribution in [0.1, 0.15) is 5.56 Å². The van der Waals surface area contributed by atoms with Crippen LogP contribution in [0.5, 0.6) is 5.75 Å². The molecule has 0 unspecified atom stereocenters. The predicted molar refractivity (Wildman–Crippen MR) is 119 cm³/mol. The summed E-state index contributed by atoms with van der Waals surface area (Å²) in [6.45, 7) is 0. The second-order valence-corrected chi connectivity index (χ2v) is 8.35. The second kappa shape index (κ2) is 9.47. The summed E-state index contributed by atoms with van der Waals surface area (Å²) in [7, 11) is -2.19. The minimum Gasteiger partial charge on any atom is -0.497 e. The van der Waals surface area contributed by atoms with Crippen molar-refractivity contribution in [3.8, 4) is 5.75 Å². The molecule has 0 radical (unpaired) electrons. The number of carbonyl (C=O) groups excluding carboxylic acids is 1. The van der Waals surface area contributed by atoms with Gasteiger partial charge in [0.25, 0.3) is 10.0 Å². The van der Waals surface area contributed by atoms with Gasteiger partial charge in [-0.3, -0.25) is 9.52 Å². The first-order chi connectivity index (χ1) is 14.4. The number of ether oxygens (including phenoxy) is 1. The van der Waals surface area contributed by atoms with Crippen LogP contribution in [-0.4, -0.2) is 21.4 Å². The van der Waals surface area contributed by atoms with Crippen molar-refractivity contribution in [3.05, 3.63) is 89.5 Å². The quantitative estimate of drug-likeness (QED) is 0.514. The monoisotopic (exact) mass is 442 g/mol. The third kappa shape index (κ3) is 5.85. The number of sulfonamides is 1. The maximum absolute atomic E-state index is 12.5. The Morgan fingerprint density at radius 2 is 1.67 bits per heavy atom. The van der Waals surface area contributed by atoms with Crippen molar-refractivity contribution in [2.24, 2.45) is 0 Å². The molecule has 0 heterocycles. The van der Waals surface area contributed by atoms with E-state index in [4.69, 9.17) is 16.3 Å². The molecule has 0 aromatic heterocycles. The lowest BCUT2D eigenvalue weighted by Gasteiger charge is -2.09. The normalized spacial score (nSPS) is 11.3. The lowest BCUT2D eigenvalue weighted by molar-refractivity contribution is -0.111. The minimum absolute atomic E-state index is 0.0641. The number of anilines is 2. The molecule has 3 rings (SSSR count). The highest BCUT2D eigenvalue weighted by molar-refractivity contribution is 7.92. The van der Waals surface area contributed by atoms with E-state index in [1.807, 2.05) is 12.1 Å². The number of hydrogen-bond donors (Lipinski definition) is 2. The topological polar surface area (TPSA) is 84.5 Å². The van der Waals surface area contributed by atoms with Gasteiger partial charge in [0.1, 0.15) is 5.75 Å². The van der Waals surface area contributed by atoms with Crippen molar-refractivity contribution >= 4 is 45.0 Å². The lowest BCUT2D eigenvalue weighted by Crippen LogP contribution is -2.13.